The van der Waals surface area contributed by atoms with Crippen molar-refractivity contribution in [2.24, 2.45) is 7.05 Å². The van der Waals surface area contributed by atoms with Crippen LogP contribution in [0.3, 0.4) is 0 Å². The SMILES string of the molecule is CNC/C(C)=C/c1c(Br)cnn1C. The second-order valence-corrected chi connectivity index (χ2v) is 3.88. The number of nitrogens with zero attached hydrogens (tertiary/aromatic N) is 2. The molecule has 1 rings (SSSR count). The van der Waals surface area contributed by atoms with Crippen LogP contribution in [0.15, 0.2) is 16.2 Å². The average Bonchev–Trinajstić information content (AvgIpc) is 2.36. The highest BCUT2D eigenvalue weighted by molar-refractivity contribution is 9.10. The molecule has 0 aliphatic heterocycles. The molecule has 3 nitrogen and oxygen atoms in total. The van der Waals surface area contributed by atoms with Crippen LogP contribution < -0.4 is 5.32 Å². The largest absolute Gasteiger partial charge is 0.316 e. The van der Waals surface area contributed by atoms with Crippen LogP contribution in [-0.2, 0) is 7.05 Å². The van der Waals surface area contributed by atoms with Gasteiger partial charge in [0.2, 0.25) is 0 Å². The topological polar surface area (TPSA) is 29.9 Å². The van der Waals surface area contributed by atoms with E-state index in [0.717, 1.165) is 16.7 Å². The number of nitrogens with one attached hydrogen (secondary N) is 1. The maximum atomic E-state index is 4.13. The van der Waals surface area contributed by atoms with E-state index in [1.165, 1.54) is 5.57 Å². The van der Waals surface area contributed by atoms with E-state index >= 15 is 0 Å². The zero-order chi connectivity index (χ0) is 9.84. The first-order valence-corrected chi connectivity index (χ1v) is 4.93. The van der Waals surface area contributed by atoms with Gasteiger partial charge in [0, 0.05) is 13.6 Å². The highest BCUT2D eigenvalue weighted by atomic mass is 79.9. The Morgan fingerprint density at radius 3 is 2.92 bits per heavy atom. The molecule has 0 amide bonds. The first-order valence-electron chi connectivity index (χ1n) is 4.14. The lowest BCUT2D eigenvalue weighted by atomic mass is 10.2. The molecule has 0 saturated carbocycles. The summed E-state index contributed by atoms with van der Waals surface area (Å²) in [6.07, 6.45) is 3.92. The summed E-state index contributed by atoms with van der Waals surface area (Å²) < 4.78 is 2.88. The van der Waals surface area contributed by atoms with Gasteiger partial charge in [-0.1, -0.05) is 5.57 Å². The predicted octanol–water partition coefficient (Wildman–Crippen LogP) is 1.81. The lowest BCUT2D eigenvalue weighted by Crippen LogP contribution is -2.08. The molecule has 0 aliphatic carbocycles. The van der Waals surface area contributed by atoms with Gasteiger partial charge in [-0.2, -0.15) is 5.10 Å². The zero-order valence-electron chi connectivity index (χ0n) is 8.13. The fraction of sp³-hybridized carbons (Fsp3) is 0.444. The van der Waals surface area contributed by atoms with Gasteiger partial charge in [0.15, 0.2) is 0 Å². The number of hydrogen-bond acceptors (Lipinski definition) is 2. The minimum absolute atomic E-state index is 0.900. The third-order valence-corrected chi connectivity index (χ3v) is 2.39. The van der Waals surface area contributed by atoms with Gasteiger partial charge in [0.1, 0.15) is 0 Å². The number of aryl methyl sites for hydroxylation is 1. The average molecular weight is 244 g/mol. The van der Waals surface area contributed by atoms with E-state index in [1.807, 2.05) is 18.8 Å². The van der Waals surface area contributed by atoms with Crippen molar-refractivity contribution in [2.75, 3.05) is 13.6 Å². The smallest absolute Gasteiger partial charge is 0.0748 e. The molecule has 1 aromatic heterocycles. The third kappa shape index (κ3) is 2.67. The highest BCUT2D eigenvalue weighted by Gasteiger charge is 2.02. The molecule has 0 aromatic carbocycles. The Bertz CT molecular complexity index is 295. The summed E-state index contributed by atoms with van der Waals surface area (Å²) in [5, 5.41) is 7.24. The molecule has 13 heavy (non-hydrogen) atoms. The minimum Gasteiger partial charge on any atom is -0.316 e. The summed E-state index contributed by atoms with van der Waals surface area (Å²) >= 11 is 3.45. The van der Waals surface area contributed by atoms with Crippen LogP contribution in [0.5, 0.6) is 0 Å². The van der Waals surface area contributed by atoms with Crippen molar-refractivity contribution in [1.29, 1.82) is 0 Å². The maximum Gasteiger partial charge on any atom is 0.0748 e. The number of likely N-dealkylation sites (N-methyl/N-ethyl adjacent to an activating group) is 1. The van der Waals surface area contributed by atoms with Crippen LogP contribution in [0, 0.1) is 0 Å². The van der Waals surface area contributed by atoms with E-state index in [1.54, 1.807) is 6.20 Å². The Morgan fingerprint density at radius 1 is 1.77 bits per heavy atom. The summed E-state index contributed by atoms with van der Waals surface area (Å²) in [7, 11) is 3.87. The molecular formula is C9H14BrN3. The van der Waals surface area contributed by atoms with Crippen LogP contribution in [0.2, 0.25) is 0 Å². The van der Waals surface area contributed by atoms with Gasteiger partial charge in [-0.3, -0.25) is 4.68 Å². The molecule has 1 aromatic rings. The lowest BCUT2D eigenvalue weighted by Gasteiger charge is -2.00. The fourth-order valence-electron chi connectivity index (χ4n) is 1.15. The molecule has 1 N–H and O–H groups in total. The molecular weight excluding hydrogens is 230 g/mol. The number of hydrogen-bond donors (Lipinski definition) is 1. The first-order chi connectivity index (χ1) is 6.15. The van der Waals surface area contributed by atoms with E-state index < -0.39 is 0 Å². The Labute approximate surface area is 87.0 Å². The summed E-state index contributed by atoms with van der Waals surface area (Å²) in [5.41, 5.74) is 2.39. The highest BCUT2D eigenvalue weighted by Crippen LogP contribution is 2.17. The van der Waals surface area contributed by atoms with Crippen LogP contribution in [0.4, 0.5) is 0 Å². The Balaban J connectivity index is 2.89. The van der Waals surface area contributed by atoms with Gasteiger partial charge in [-0.05, 0) is 36.0 Å². The molecule has 0 radical (unpaired) electrons. The molecule has 72 valence electrons. The summed E-state index contributed by atoms with van der Waals surface area (Å²) in [5.74, 6) is 0. The Hall–Kier alpha value is -0.610. The van der Waals surface area contributed by atoms with Crippen molar-refractivity contribution >= 4 is 22.0 Å². The van der Waals surface area contributed by atoms with Gasteiger partial charge >= 0.3 is 0 Å². The standard InChI is InChI=1S/C9H14BrN3/c1-7(5-11-2)4-9-8(10)6-12-13(9)3/h4,6,11H,5H2,1-3H3/b7-4+. The Kier molecular flexibility index (Phi) is 3.69. The van der Waals surface area contributed by atoms with Crippen LogP contribution in [0.25, 0.3) is 6.08 Å². The minimum atomic E-state index is 0.900. The summed E-state index contributed by atoms with van der Waals surface area (Å²) in [4.78, 5) is 0. The van der Waals surface area contributed by atoms with Crippen molar-refractivity contribution < 1.29 is 0 Å². The third-order valence-electron chi connectivity index (χ3n) is 1.78. The second-order valence-electron chi connectivity index (χ2n) is 3.02. The first kappa shape index (κ1) is 10.5. The van der Waals surface area contributed by atoms with E-state index in [4.69, 9.17) is 0 Å². The predicted molar refractivity (Wildman–Crippen MR) is 58.5 cm³/mol. The zero-order valence-corrected chi connectivity index (χ0v) is 9.72. The molecule has 0 atom stereocenters. The van der Waals surface area contributed by atoms with Crippen molar-refractivity contribution in [1.82, 2.24) is 15.1 Å². The molecule has 0 fully saturated rings. The van der Waals surface area contributed by atoms with Gasteiger partial charge in [0.25, 0.3) is 0 Å². The molecule has 0 saturated heterocycles. The number of aromatic nitrogens is 2. The molecule has 4 heteroatoms. The second kappa shape index (κ2) is 4.58. The van der Waals surface area contributed by atoms with E-state index in [2.05, 4.69) is 39.3 Å². The lowest BCUT2D eigenvalue weighted by molar-refractivity contribution is 0.758. The van der Waals surface area contributed by atoms with Crippen LogP contribution in [0.1, 0.15) is 12.6 Å². The molecule has 0 aliphatic rings. The normalized spacial score (nSPS) is 12.2. The quantitative estimate of drug-likeness (QED) is 0.878. The summed E-state index contributed by atoms with van der Waals surface area (Å²) in [6.45, 7) is 2.99. The molecule has 1 heterocycles. The van der Waals surface area contributed by atoms with Gasteiger partial charge in [0.05, 0.1) is 16.4 Å². The number of rotatable bonds is 3. The Morgan fingerprint density at radius 2 is 2.46 bits per heavy atom. The van der Waals surface area contributed by atoms with Crippen molar-refractivity contribution in [3.05, 3.63) is 21.9 Å². The van der Waals surface area contributed by atoms with Crippen LogP contribution >= 0.6 is 15.9 Å². The summed E-state index contributed by atoms with van der Waals surface area (Å²) in [6, 6.07) is 0. The molecule has 0 bridgehead atoms. The fourth-order valence-corrected chi connectivity index (χ4v) is 1.61. The monoisotopic (exact) mass is 243 g/mol. The number of halogens is 1. The van der Waals surface area contributed by atoms with Crippen molar-refractivity contribution in [3.8, 4) is 0 Å². The van der Waals surface area contributed by atoms with E-state index in [-0.39, 0.29) is 0 Å². The van der Waals surface area contributed by atoms with Gasteiger partial charge in [-0.15, -0.1) is 0 Å². The maximum absolute atomic E-state index is 4.13. The van der Waals surface area contributed by atoms with Gasteiger partial charge < -0.3 is 5.32 Å². The van der Waals surface area contributed by atoms with Crippen molar-refractivity contribution in [2.45, 2.75) is 6.92 Å². The van der Waals surface area contributed by atoms with Gasteiger partial charge in [-0.25, -0.2) is 0 Å². The van der Waals surface area contributed by atoms with Crippen LogP contribution in [-0.4, -0.2) is 23.4 Å². The molecule has 0 spiro atoms. The van der Waals surface area contributed by atoms with Crippen molar-refractivity contribution in [3.63, 3.8) is 0 Å². The molecule has 0 unspecified atom stereocenters. The van der Waals surface area contributed by atoms with E-state index in [9.17, 15) is 0 Å². The van der Waals surface area contributed by atoms with E-state index in [0.29, 0.717) is 0 Å².